The van der Waals surface area contributed by atoms with Crippen LogP contribution in [-0.2, 0) is 9.84 Å². The van der Waals surface area contributed by atoms with Gasteiger partial charge < -0.3 is 4.74 Å². The van der Waals surface area contributed by atoms with Gasteiger partial charge in [0.1, 0.15) is 0 Å². The molecule has 0 aromatic rings. The smallest absolute Gasteiger partial charge is 0.0825 e. The van der Waals surface area contributed by atoms with Crippen molar-refractivity contribution in [3.8, 4) is 0 Å². The van der Waals surface area contributed by atoms with Crippen LogP contribution >= 0.6 is 0 Å². The highest BCUT2D eigenvalue weighted by molar-refractivity contribution is 4.61. The van der Waals surface area contributed by atoms with E-state index in [1.807, 2.05) is 0 Å². The molecule has 0 aliphatic carbocycles. The van der Waals surface area contributed by atoms with Crippen molar-refractivity contribution in [1.29, 1.82) is 0 Å². The van der Waals surface area contributed by atoms with E-state index < -0.39 is 0 Å². The molecule has 2 nitrogen and oxygen atoms in total. The lowest BCUT2D eigenvalue weighted by Gasteiger charge is -2.20. The van der Waals surface area contributed by atoms with Crippen molar-refractivity contribution in [3.63, 3.8) is 0 Å². The molecule has 9 heavy (non-hydrogen) atoms. The van der Waals surface area contributed by atoms with Crippen LogP contribution in [-0.4, -0.2) is 19.8 Å². The Morgan fingerprint density at radius 3 is 3.00 bits per heavy atom. The Morgan fingerprint density at radius 1 is 1.56 bits per heavy atom. The van der Waals surface area contributed by atoms with Crippen LogP contribution in [0, 0.1) is 5.92 Å². The number of rotatable bonds is 2. The van der Waals surface area contributed by atoms with E-state index in [4.69, 9.17) is 4.74 Å². The maximum atomic E-state index is 10.1. The predicted molar refractivity (Wildman–Crippen MR) is 33.7 cm³/mol. The van der Waals surface area contributed by atoms with Crippen molar-refractivity contribution < 1.29 is 9.84 Å². The fourth-order valence-electron chi connectivity index (χ4n) is 1.20. The van der Waals surface area contributed by atoms with Crippen LogP contribution in [0.1, 0.15) is 19.3 Å². The quantitative estimate of drug-likeness (QED) is 0.551. The molecule has 1 aliphatic heterocycles. The second-order valence-corrected chi connectivity index (χ2v) is 2.58. The first-order chi connectivity index (χ1) is 4.43. The average molecular weight is 129 g/mol. The van der Waals surface area contributed by atoms with Gasteiger partial charge in [0.15, 0.2) is 0 Å². The first-order valence-electron chi connectivity index (χ1n) is 3.59. The Kier molecular flexibility index (Phi) is 3.01. The maximum Gasteiger partial charge on any atom is 0.0825 e. The summed E-state index contributed by atoms with van der Waals surface area (Å²) in [6, 6.07) is 0. The highest BCUT2D eigenvalue weighted by Gasteiger charge is 2.12. The van der Waals surface area contributed by atoms with E-state index in [1.54, 1.807) is 0 Å². The molecule has 1 atom stereocenters. The van der Waals surface area contributed by atoms with E-state index in [-0.39, 0.29) is 6.61 Å². The fraction of sp³-hybridized carbons (Fsp3) is 1.00. The standard InChI is InChI=1S/C7H13O2/c8-4-3-7-2-1-5-9-6-7/h7H,1-6H2. The van der Waals surface area contributed by atoms with Gasteiger partial charge >= 0.3 is 0 Å². The SMILES string of the molecule is [O]CCC1CCCOC1. The molecule has 1 aliphatic rings. The molecule has 0 aromatic heterocycles. The molecule has 1 saturated heterocycles. The first kappa shape index (κ1) is 7.03. The summed E-state index contributed by atoms with van der Waals surface area (Å²) in [5.74, 6) is 0.566. The van der Waals surface area contributed by atoms with Gasteiger partial charge in [-0.2, -0.15) is 0 Å². The zero-order chi connectivity index (χ0) is 6.53. The van der Waals surface area contributed by atoms with Crippen LogP contribution in [0.3, 0.4) is 0 Å². The van der Waals surface area contributed by atoms with Crippen molar-refractivity contribution >= 4 is 0 Å². The van der Waals surface area contributed by atoms with Crippen molar-refractivity contribution in [1.82, 2.24) is 0 Å². The van der Waals surface area contributed by atoms with E-state index in [9.17, 15) is 5.11 Å². The van der Waals surface area contributed by atoms with Gasteiger partial charge in [0.05, 0.1) is 6.61 Å². The summed E-state index contributed by atoms with van der Waals surface area (Å²) < 4.78 is 5.20. The zero-order valence-electron chi connectivity index (χ0n) is 5.64. The van der Waals surface area contributed by atoms with E-state index >= 15 is 0 Å². The van der Waals surface area contributed by atoms with E-state index in [2.05, 4.69) is 0 Å². The van der Waals surface area contributed by atoms with Crippen LogP contribution in [0.25, 0.3) is 0 Å². The highest BCUT2D eigenvalue weighted by Crippen LogP contribution is 2.15. The minimum Gasteiger partial charge on any atom is -0.381 e. The molecule has 0 N–H and O–H groups in total. The second-order valence-electron chi connectivity index (χ2n) is 2.58. The second kappa shape index (κ2) is 3.85. The Labute approximate surface area is 55.8 Å². The molecule has 0 saturated carbocycles. The van der Waals surface area contributed by atoms with Crippen LogP contribution in [0.5, 0.6) is 0 Å². The molecule has 0 spiro atoms. The lowest BCUT2D eigenvalue weighted by Crippen LogP contribution is -2.17. The molecule has 1 fully saturated rings. The van der Waals surface area contributed by atoms with Crippen molar-refractivity contribution in [2.75, 3.05) is 19.8 Å². The van der Waals surface area contributed by atoms with Crippen LogP contribution < -0.4 is 0 Å². The molecular formula is C7H13O2. The van der Waals surface area contributed by atoms with Gasteiger partial charge in [0, 0.05) is 13.2 Å². The molecule has 1 radical (unpaired) electrons. The van der Waals surface area contributed by atoms with Crippen molar-refractivity contribution in [2.24, 2.45) is 5.92 Å². The highest BCUT2D eigenvalue weighted by atomic mass is 16.5. The minimum atomic E-state index is 0.0635. The Morgan fingerprint density at radius 2 is 2.44 bits per heavy atom. The van der Waals surface area contributed by atoms with Gasteiger partial charge in [0.2, 0.25) is 0 Å². The summed E-state index contributed by atoms with van der Waals surface area (Å²) in [7, 11) is 0. The van der Waals surface area contributed by atoms with Gasteiger partial charge in [-0.15, -0.1) is 0 Å². The summed E-state index contributed by atoms with van der Waals surface area (Å²) in [4.78, 5) is 0. The number of hydrogen-bond acceptors (Lipinski definition) is 1. The summed E-state index contributed by atoms with van der Waals surface area (Å²) in [6.45, 7) is 1.78. The minimum absolute atomic E-state index is 0.0635. The summed E-state index contributed by atoms with van der Waals surface area (Å²) >= 11 is 0. The topological polar surface area (TPSA) is 29.1 Å². The first-order valence-corrected chi connectivity index (χ1v) is 3.59. The third-order valence-electron chi connectivity index (χ3n) is 1.78. The third kappa shape index (κ3) is 2.33. The molecule has 1 unspecified atom stereocenters. The van der Waals surface area contributed by atoms with E-state index in [0.717, 1.165) is 26.1 Å². The maximum absolute atomic E-state index is 10.1. The zero-order valence-corrected chi connectivity index (χ0v) is 5.64. The number of hydrogen-bond donors (Lipinski definition) is 0. The third-order valence-corrected chi connectivity index (χ3v) is 1.78. The fourth-order valence-corrected chi connectivity index (χ4v) is 1.20. The Balaban J connectivity index is 2.08. The molecular weight excluding hydrogens is 116 g/mol. The van der Waals surface area contributed by atoms with Crippen molar-refractivity contribution in [2.45, 2.75) is 19.3 Å². The molecule has 1 heterocycles. The largest absolute Gasteiger partial charge is 0.381 e. The monoisotopic (exact) mass is 129 g/mol. The molecule has 53 valence electrons. The van der Waals surface area contributed by atoms with Gasteiger partial charge in [-0.25, -0.2) is 5.11 Å². The lowest BCUT2D eigenvalue weighted by molar-refractivity contribution is 0.0385. The molecule has 1 rings (SSSR count). The van der Waals surface area contributed by atoms with Gasteiger partial charge in [-0.3, -0.25) is 0 Å². The lowest BCUT2D eigenvalue weighted by atomic mass is 9.99. The Bertz CT molecular complexity index is 64.6. The van der Waals surface area contributed by atoms with Gasteiger partial charge in [-0.1, -0.05) is 0 Å². The number of ether oxygens (including phenoxy) is 1. The molecule has 0 bridgehead atoms. The molecule has 2 heteroatoms. The van der Waals surface area contributed by atoms with Crippen LogP contribution in [0.2, 0.25) is 0 Å². The average Bonchev–Trinajstić information content (AvgIpc) is 1.91. The summed E-state index contributed by atoms with van der Waals surface area (Å²) in [6.07, 6.45) is 3.15. The van der Waals surface area contributed by atoms with Crippen LogP contribution in [0.15, 0.2) is 0 Å². The Hall–Kier alpha value is -0.0800. The van der Waals surface area contributed by atoms with Gasteiger partial charge in [-0.05, 0) is 25.2 Å². The van der Waals surface area contributed by atoms with Crippen LogP contribution in [0.4, 0.5) is 0 Å². The molecule has 0 aromatic carbocycles. The van der Waals surface area contributed by atoms with Crippen molar-refractivity contribution in [3.05, 3.63) is 0 Å². The van der Waals surface area contributed by atoms with Gasteiger partial charge in [0.25, 0.3) is 0 Å². The molecule has 0 amide bonds. The van der Waals surface area contributed by atoms with E-state index in [1.165, 1.54) is 6.42 Å². The summed E-state index contributed by atoms with van der Waals surface area (Å²) in [5, 5.41) is 10.1. The summed E-state index contributed by atoms with van der Waals surface area (Å²) in [5.41, 5.74) is 0. The van der Waals surface area contributed by atoms with E-state index in [0.29, 0.717) is 5.92 Å². The predicted octanol–water partition coefficient (Wildman–Crippen LogP) is 1.23. The normalized spacial score (nSPS) is 28.3.